The van der Waals surface area contributed by atoms with E-state index in [1.165, 1.54) is 24.2 Å². The average Bonchev–Trinajstić information content (AvgIpc) is 2.58. The predicted octanol–water partition coefficient (Wildman–Crippen LogP) is 2.24. The molecule has 4 heteroatoms. The summed E-state index contributed by atoms with van der Waals surface area (Å²) in [6, 6.07) is 0.759. The molecule has 0 bridgehead atoms. The summed E-state index contributed by atoms with van der Waals surface area (Å²) >= 11 is 0. The Morgan fingerprint density at radius 1 is 1.42 bits per heavy atom. The zero-order valence-electron chi connectivity index (χ0n) is 13.0. The fourth-order valence-electron chi connectivity index (χ4n) is 3.24. The molecule has 3 unspecified atom stereocenters. The van der Waals surface area contributed by atoms with Gasteiger partial charge in [0.1, 0.15) is 5.82 Å². The van der Waals surface area contributed by atoms with E-state index in [1.807, 2.05) is 4.68 Å². The van der Waals surface area contributed by atoms with Crippen LogP contribution in [0.2, 0.25) is 0 Å². The third-order valence-corrected chi connectivity index (χ3v) is 4.48. The molecule has 2 rings (SSSR count). The van der Waals surface area contributed by atoms with Gasteiger partial charge in [0.25, 0.3) is 0 Å². The smallest absolute Gasteiger partial charge is 0.130 e. The Bertz CT molecular complexity index is 436. The van der Waals surface area contributed by atoms with Gasteiger partial charge in [0.05, 0.1) is 5.69 Å². The van der Waals surface area contributed by atoms with Gasteiger partial charge in [0.15, 0.2) is 0 Å². The van der Waals surface area contributed by atoms with E-state index in [1.54, 1.807) is 0 Å². The summed E-state index contributed by atoms with van der Waals surface area (Å²) in [4.78, 5) is 2.53. The zero-order chi connectivity index (χ0) is 14.2. The Hall–Kier alpha value is -1.03. The van der Waals surface area contributed by atoms with Gasteiger partial charge < -0.3 is 10.6 Å². The van der Waals surface area contributed by atoms with Crippen LogP contribution in [0.15, 0.2) is 0 Å². The van der Waals surface area contributed by atoms with Crippen molar-refractivity contribution >= 4 is 5.82 Å². The molecule has 19 heavy (non-hydrogen) atoms. The molecule has 2 N–H and O–H groups in total. The van der Waals surface area contributed by atoms with Gasteiger partial charge >= 0.3 is 0 Å². The summed E-state index contributed by atoms with van der Waals surface area (Å²) in [5.74, 6) is 2.03. The van der Waals surface area contributed by atoms with Gasteiger partial charge in [-0.1, -0.05) is 6.92 Å². The Morgan fingerprint density at radius 2 is 2.11 bits per heavy atom. The first-order chi connectivity index (χ1) is 8.91. The fraction of sp³-hybridized carbons (Fsp3) is 0.800. The highest BCUT2D eigenvalue weighted by atomic mass is 15.4. The van der Waals surface area contributed by atoms with Crippen LogP contribution in [0.4, 0.5) is 5.82 Å². The number of hydrogen-bond acceptors (Lipinski definition) is 3. The Labute approximate surface area is 117 Å². The summed E-state index contributed by atoms with van der Waals surface area (Å²) in [6.07, 6.45) is 3.51. The molecule has 0 aliphatic carbocycles. The predicted molar refractivity (Wildman–Crippen MR) is 80.5 cm³/mol. The topological polar surface area (TPSA) is 47.1 Å². The molecular weight excluding hydrogens is 236 g/mol. The SMILES string of the molecule is Cc1nn(C)c(N2CCCC(C)C2C)c1CC(C)N. The molecule has 0 radical (unpaired) electrons. The van der Waals surface area contributed by atoms with Gasteiger partial charge in [-0.05, 0) is 46.0 Å². The van der Waals surface area contributed by atoms with Crippen molar-refractivity contribution in [2.45, 2.75) is 59.0 Å². The van der Waals surface area contributed by atoms with E-state index in [9.17, 15) is 0 Å². The summed E-state index contributed by atoms with van der Waals surface area (Å²) in [6.45, 7) is 9.99. The van der Waals surface area contributed by atoms with Gasteiger partial charge in [0, 0.05) is 31.2 Å². The number of rotatable bonds is 3. The zero-order valence-corrected chi connectivity index (χ0v) is 13.0. The van der Waals surface area contributed by atoms with E-state index in [4.69, 9.17) is 5.73 Å². The molecule has 1 fully saturated rings. The molecular formula is C15H28N4. The number of hydrogen-bond donors (Lipinski definition) is 1. The molecule has 3 atom stereocenters. The lowest BCUT2D eigenvalue weighted by atomic mass is 9.91. The molecule has 108 valence electrons. The Morgan fingerprint density at radius 3 is 2.74 bits per heavy atom. The van der Waals surface area contributed by atoms with Crippen molar-refractivity contribution in [3.8, 4) is 0 Å². The molecule has 4 nitrogen and oxygen atoms in total. The van der Waals surface area contributed by atoms with E-state index in [0.29, 0.717) is 6.04 Å². The summed E-state index contributed by atoms with van der Waals surface area (Å²) in [5, 5.41) is 4.62. The number of nitrogens with two attached hydrogens (primary N) is 1. The van der Waals surface area contributed by atoms with Crippen molar-refractivity contribution in [3.05, 3.63) is 11.3 Å². The number of aromatic nitrogens is 2. The lowest BCUT2D eigenvalue weighted by Crippen LogP contribution is -2.44. The highest BCUT2D eigenvalue weighted by molar-refractivity contribution is 5.52. The summed E-state index contributed by atoms with van der Waals surface area (Å²) in [5.41, 5.74) is 8.46. The second-order valence-electron chi connectivity index (χ2n) is 6.25. The minimum absolute atomic E-state index is 0.180. The molecule has 0 aromatic carbocycles. The first kappa shape index (κ1) is 14.4. The average molecular weight is 264 g/mol. The van der Waals surface area contributed by atoms with Gasteiger partial charge in [-0.25, -0.2) is 0 Å². The second kappa shape index (κ2) is 5.53. The normalized spacial score (nSPS) is 25.7. The van der Waals surface area contributed by atoms with Crippen LogP contribution >= 0.6 is 0 Å². The van der Waals surface area contributed by atoms with Crippen LogP contribution in [0, 0.1) is 12.8 Å². The maximum atomic E-state index is 6.01. The minimum Gasteiger partial charge on any atom is -0.354 e. The molecule has 1 aliphatic heterocycles. The highest BCUT2D eigenvalue weighted by Crippen LogP contribution is 2.32. The third-order valence-electron chi connectivity index (χ3n) is 4.48. The van der Waals surface area contributed by atoms with Crippen LogP contribution in [0.25, 0.3) is 0 Å². The van der Waals surface area contributed by atoms with E-state index in [2.05, 4.69) is 44.7 Å². The van der Waals surface area contributed by atoms with Gasteiger partial charge in [0.2, 0.25) is 0 Å². The van der Waals surface area contributed by atoms with Gasteiger partial charge in [-0.2, -0.15) is 5.10 Å². The molecule has 2 heterocycles. The number of aryl methyl sites for hydroxylation is 2. The van der Waals surface area contributed by atoms with Crippen molar-refractivity contribution in [1.82, 2.24) is 9.78 Å². The van der Waals surface area contributed by atoms with Gasteiger partial charge in [-0.15, -0.1) is 0 Å². The fourth-order valence-corrected chi connectivity index (χ4v) is 3.24. The summed E-state index contributed by atoms with van der Waals surface area (Å²) < 4.78 is 2.04. The molecule has 1 aromatic rings. The minimum atomic E-state index is 0.180. The lowest BCUT2D eigenvalue weighted by molar-refractivity contribution is 0.358. The van der Waals surface area contributed by atoms with E-state index < -0.39 is 0 Å². The monoisotopic (exact) mass is 264 g/mol. The van der Waals surface area contributed by atoms with Crippen LogP contribution < -0.4 is 10.6 Å². The molecule has 0 saturated carbocycles. The number of anilines is 1. The largest absolute Gasteiger partial charge is 0.354 e. The molecule has 1 aromatic heterocycles. The summed E-state index contributed by atoms with van der Waals surface area (Å²) in [7, 11) is 2.05. The third kappa shape index (κ3) is 2.78. The molecule has 1 saturated heterocycles. The van der Waals surface area contributed by atoms with E-state index >= 15 is 0 Å². The maximum Gasteiger partial charge on any atom is 0.130 e. The van der Waals surface area contributed by atoms with Crippen molar-refractivity contribution in [2.24, 2.45) is 18.7 Å². The standard InChI is InChI=1S/C15H28N4/c1-10-7-6-8-19(13(10)4)15-14(9-11(2)16)12(3)17-18(15)5/h10-11,13H,6-9,16H2,1-5H3. The highest BCUT2D eigenvalue weighted by Gasteiger charge is 2.29. The van der Waals surface area contributed by atoms with Crippen LogP contribution in [-0.4, -0.2) is 28.4 Å². The van der Waals surface area contributed by atoms with Crippen molar-refractivity contribution in [3.63, 3.8) is 0 Å². The first-order valence-corrected chi connectivity index (χ1v) is 7.46. The molecule has 1 aliphatic rings. The number of piperidine rings is 1. The van der Waals surface area contributed by atoms with Crippen LogP contribution in [-0.2, 0) is 13.5 Å². The molecule has 0 spiro atoms. The molecule has 0 amide bonds. The lowest BCUT2D eigenvalue weighted by Gasteiger charge is -2.40. The Kier molecular flexibility index (Phi) is 4.19. The second-order valence-corrected chi connectivity index (χ2v) is 6.25. The first-order valence-electron chi connectivity index (χ1n) is 7.46. The van der Waals surface area contributed by atoms with Crippen LogP contribution in [0.5, 0.6) is 0 Å². The van der Waals surface area contributed by atoms with Crippen molar-refractivity contribution < 1.29 is 0 Å². The quantitative estimate of drug-likeness (QED) is 0.911. The van der Waals surface area contributed by atoms with E-state index in [-0.39, 0.29) is 6.04 Å². The van der Waals surface area contributed by atoms with Gasteiger partial charge in [-0.3, -0.25) is 4.68 Å². The maximum absolute atomic E-state index is 6.01. The van der Waals surface area contributed by atoms with Crippen LogP contribution in [0.1, 0.15) is 44.9 Å². The van der Waals surface area contributed by atoms with E-state index in [0.717, 1.165) is 24.6 Å². The van der Waals surface area contributed by atoms with Crippen molar-refractivity contribution in [2.75, 3.05) is 11.4 Å². The van der Waals surface area contributed by atoms with Crippen molar-refractivity contribution in [1.29, 1.82) is 0 Å². The van der Waals surface area contributed by atoms with Crippen LogP contribution in [0.3, 0.4) is 0 Å². The Balaban J connectivity index is 2.37. The number of nitrogens with zero attached hydrogens (tertiary/aromatic N) is 3.